The Morgan fingerprint density at radius 2 is 1.89 bits per heavy atom. The molecule has 0 rings (SSSR count). The van der Waals surface area contributed by atoms with E-state index in [1.165, 1.54) is 41.9 Å². The molecule has 0 aliphatic rings. The Labute approximate surface area is 118 Å². The fourth-order valence-corrected chi connectivity index (χ4v) is 2.31. The lowest BCUT2D eigenvalue weighted by Crippen LogP contribution is -2.05. The van der Waals surface area contributed by atoms with Gasteiger partial charge < -0.3 is 0 Å². The van der Waals surface area contributed by atoms with Crippen molar-refractivity contribution in [2.75, 3.05) is 19.1 Å². The maximum absolute atomic E-state index is 4.49. The topological polar surface area (TPSA) is 12.4 Å². The van der Waals surface area contributed by atoms with E-state index < -0.39 is 0 Å². The van der Waals surface area contributed by atoms with Gasteiger partial charge in [0.05, 0.1) is 5.71 Å². The molecule has 0 aromatic carbocycles. The minimum Gasteiger partial charge on any atom is -0.288 e. The van der Waals surface area contributed by atoms with Gasteiger partial charge in [0.25, 0.3) is 0 Å². The molecule has 0 bridgehead atoms. The third-order valence-electron chi connectivity index (χ3n) is 3.00. The van der Waals surface area contributed by atoms with Gasteiger partial charge in [-0.25, -0.2) is 0 Å². The molecule has 0 saturated carbocycles. The molecule has 0 spiro atoms. The van der Waals surface area contributed by atoms with Gasteiger partial charge in [0, 0.05) is 7.05 Å². The third-order valence-corrected chi connectivity index (χ3v) is 3.65. The van der Waals surface area contributed by atoms with Crippen molar-refractivity contribution in [3.8, 4) is 0 Å². The van der Waals surface area contributed by atoms with Crippen LogP contribution in [0.5, 0.6) is 0 Å². The summed E-state index contributed by atoms with van der Waals surface area (Å²) in [5.74, 6) is 1.19. The SMILES string of the molecule is CCCC/C=C(/C)C(=NC)/C(=C/CCSC)CC. The van der Waals surface area contributed by atoms with E-state index in [2.05, 4.69) is 44.2 Å². The van der Waals surface area contributed by atoms with Crippen molar-refractivity contribution in [3.05, 3.63) is 23.3 Å². The largest absolute Gasteiger partial charge is 0.288 e. The average Bonchev–Trinajstić information content (AvgIpc) is 2.38. The zero-order valence-corrected chi connectivity index (χ0v) is 13.6. The van der Waals surface area contributed by atoms with E-state index in [1.807, 2.05) is 18.8 Å². The molecule has 0 aromatic heterocycles. The second kappa shape index (κ2) is 11.6. The van der Waals surface area contributed by atoms with Gasteiger partial charge in [-0.15, -0.1) is 0 Å². The molecule has 0 aliphatic heterocycles. The third kappa shape index (κ3) is 7.05. The van der Waals surface area contributed by atoms with Crippen molar-refractivity contribution in [1.82, 2.24) is 0 Å². The number of hydrogen-bond donors (Lipinski definition) is 0. The van der Waals surface area contributed by atoms with Gasteiger partial charge >= 0.3 is 0 Å². The van der Waals surface area contributed by atoms with Crippen molar-refractivity contribution >= 4 is 17.5 Å². The molecule has 1 nitrogen and oxygen atoms in total. The van der Waals surface area contributed by atoms with Crippen molar-refractivity contribution in [1.29, 1.82) is 0 Å². The van der Waals surface area contributed by atoms with Crippen LogP contribution in [0.15, 0.2) is 28.3 Å². The summed E-state index contributed by atoms with van der Waals surface area (Å²) in [4.78, 5) is 4.49. The zero-order chi connectivity index (χ0) is 13.8. The highest BCUT2D eigenvalue weighted by molar-refractivity contribution is 7.98. The van der Waals surface area contributed by atoms with Crippen molar-refractivity contribution in [2.24, 2.45) is 4.99 Å². The predicted octanol–water partition coefficient (Wildman–Crippen LogP) is 5.28. The number of thioether (sulfide) groups is 1. The lowest BCUT2D eigenvalue weighted by molar-refractivity contribution is 0.812. The quantitative estimate of drug-likeness (QED) is 0.409. The van der Waals surface area contributed by atoms with E-state index in [1.54, 1.807) is 0 Å². The van der Waals surface area contributed by atoms with Crippen LogP contribution in [-0.2, 0) is 0 Å². The molecule has 0 N–H and O–H groups in total. The molecule has 0 atom stereocenters. The summed E-state index contributed by atoms with van der Waals surface area (Å²) < 4.78 is 0. The predicted molar refractivity (Wildman–Crippen MR) is 88.0 cm³/mol. The van der Waals surface area contributed by atoms with Gasteiger partial charge in [-0.1, -0.05) is 38.8 Å². The molecular formula is C16H29NS. The minimum absolute atomic E-state index is 1.07. The van der Waals surface area contributed by atoms with Gasteiger partial charge in [0.15, 0.2) is 0 Å². The summed E-state index contributed by atoms with van der Waals surface area (Å²) in [6, 6.07) is 0. The number of hydrogen-bond acceptors (Lipinski definition) is 2. The molecule has 0 radical (unpaired) electrons. The lowest BCUT2D eigenvalue weighted by Gasteiger charge is -2.10. The van der Waals surface area contributed by atoms with Crippen LogP contribution < -0.4 is 0 Å². The average molecular weight is 267 g/mol. The van der Waals surface area contributed by atoms with Gasteiger partial charge in [0.1, 0.15) is 0 Å². The summed E-state index contributed by atoms with van der Waals surface area (Å²) >= 11 is 1.90. The van der Waals surface area contributed by atoms with Crippen molar-refractivity contribution in [2.45, 2.75) is 52.9 Å². The van der Waals surface area contributed by atoms with Gasteiger partial charge in [0.2, 0.25) is 0 Å². The normalized spacial score (nSPS) is 14.2. The fourth-order valence-electron chi connectivity index (χ4n) is 1.95. The summed E-state index contributed by atoms with van der Waals surface area (Å²) in [5.41, 5.74) is 3.94. The highest BCUT2D eigenvalue weighted by Crippen LogP contribution is 2.14. The number of allylic oxidation sites excluding steroid dienone is 4. The maximum Gasteiger partial charge on any atom is 0.0625 e. The lowest BCUT2D eigenvalue weighted by atomic mass is 9.99. The van der Waals surface area contributed by atoms with Crippen LogP contribution in [0.25, 0.3) is 0 Å². The van der Waals surface area contributed by atoms with Crippen LogP contribution in [-0.4, -0.2) is 24.8 Å². The van der Waals surface area contributed by atoms with Gasteiger partial charge in [-0.05, 0) is 49.3 Å². The maximum atomic E-state index is 4.49. The Morgan fingerprint density at radius 1 is 1.17 bits per heavy atom. The highest BCUT2D eigenvalue weighted by atomic mass is 32.2. The number of rotatable bonds is 9. The molecule has 0 saturated heterocycles. The Morgan fingerprint density at radius 3 is 2.39 bits per heavy atom. The molecule has 0 fully saturated rings. The van der Waals surface area contributed by atoms with Crippen molar-refractivity contribution in [3.63, 3.8) is 0 Å². The van der Waals surface area contributed by atoms with E-state index >= 15 is 0 Å². The summed E-state index contributed by atoms with van der Waals surface area (Å²) in [6.07, 6.45) is 12.8. The smallest absolute Gasteiger partial charge is 0.0625 e. The summed E-state index contributed by atoms with van der Waals surface area (Å²) in [5, 5.41) is 0. The zero-order valence-electron chi connectivity index (χ0n) is 12.8. The molecule has 104 valence electrons. The van der Waals surface area contributed by atoms with Crippen LogP contribution in [0.2, 0.25) is 0 Å². The Balaban J connectivity index is 4.71. The number of nitrogens with zero attached hydrogens (tertiary/aromatic N) is 1. The summed E-state index contributed by atoms with van der Waals surface area (Å²) in [7, 11) is 1.91. The first-order valence-corrected chi connectivity index (χ1v) is 8.42. The Bertz CT molecular complexity index is 300. The van der Waals surface area contributed by atoms with E-state index in [4.69, 9.17) is 0 Å². The van der Waals surface area contributed by atoms with Crippen LogP contribution >= 0.6 is 11.8 Å². The van der Waals surface area contributed by atoms with Crippen LogP contribution in [0.3, 0.4) is 0 Å². The number of unbranched alkanes of at least 4 members (excludes halogenated alkanes) is 2. The van der Waals surface area contributed by atoms with E-state index in [-0.39, 0.29) is 0 Å². The van der Waals surface area contributed by atoms with Gasteiger partial charge in [-0.2, -0.15) is 11.8 Å². The minimum atomic E-state index is 1.07. The second-order valence-corrected chi connectivity index (χ2v) is 5.45. The molecule has 18 heavy (non-hydrogen) atoms. The summed E-state index contributed by atoms with van der Waals surface area (Å²) in [6.45, 7) is 6.64. The van der Waals surface area contributed by atoms with E-state index in [9.17, 15) is 0 Å². The van der Waals surface area contributed by atoms with Crippen molar-refractivity contribution < 1.29 is 0 Å². The van der Waals surface area contributed by atoms with Crippen LogP contribution in [0, 0.1) is 0 Å². The fraction of sp³-hybridized carbons (Fsp3) is 0.688. The van der Waals surface area contributed by atoms with Crippen LogP contribution in [0.1, 0.15) is 52.9 Å². The standard InChI is InChI=1S/C16H29NS/c1-6-8-9-11-14(3)16(17-4)15(7-2)12-10-13-18-5/h11-12H,6-10,13H2,1-5H3/b14-11-,15-12+,17-16?. The second-order valence-electron chi connectivity index (χ2n) is 4.47. The van der Waals surface area contributed by atoms with E-state index in [0.717, 1.165) is 12.8 Å². The molecule has 2 heteroatoms. The Hall–Kier alpha value is -0.500. The first kappa shape index (κ1) is 17.5. The molecule has 0 heterocycles. The monoisotopic (exact) mass is 267 g/mol. The molecule has 0 unspecified atom stereocenters. The highest BCUT2D eigenvalue weighted by Gasteiger charge is 2.06. The first-order chi connectivity index (χ1) is 8.71. The van der Waals surface area contributed by atoms with Crippen LogP contribution in [0.4, 0.5) is 0 Å². The molecular weight excluding hydrogens is 238 g/mol. The molecule has 0 amide bonds. The molecule has 0 aliphatic carbocycles. The molecule has 0 aromatic rings. The van der Waals surface area contributed by atoms with Gasteiger partial charge in [-0.3, -0.25) is 4.99 Å². The Kier molecular flexibility index (Phi) is 11.3. The number of aliphatic imine (C=N–C) groups is 1. The van der Waals surface area contributed by atoms with E-state index in [0.29, 0.717) is 0 Å². The first-order valence-electron chi connectivity index (χ1n) is 7.03.